The number of amides is 2. The fraction of sp³-hybridized carbons (Fsp3) is 0.222. The van der Waals surface area contributed by atoms with Crippen molar-refractivity contribution in [2.75, 3.05) is 5.01 Å². The molecule has 1 aliphatic heterocycles. The smallest absolute Gasteiger partial charge is 0.427 e. The van der Waals surface area contributed by atoms with Gasteiger partial charge in [0.05, 0.1) is 17.5 Å². The predicted octanol–water partition coefficient (Wildman–Crippen LogP) is 2.43. The Hall–Kier alpha value is -3.47. The quantitative estimate of drug-likeness (QED) is 0.795. The Kier molecular flexibility index (Phi) is 4.30. The Balaban J connectivity index is 1.86. The van der Waals surface area contributed by atoms with E-state index in [2.05, 4.69) is 21.8 Å². The number of carbonyl (C=O) groups is 2. The van der Waals surface area contributed by atoms with E-state index in [4.69, 9.17) is 0 Å². The molecular formula is C18H15FN4O3. The Labute approximate surface area is 149 Å². The highest BCUT2D eigenvalue weighted by molar-refractivity contribution is 5.97. The van der Waals surface area contributed by atoms with Crippen LogP contribution in [0.5, 0.6) is 0 Å². The molecule has 1 fully saturated rings. The number of rotatable bonds is 1. The molecule has 0 spiro atoms. The molecule has 1 N–H and O–H groups in total. The molecule has 0 unspecified atom stereocenters. The number of halogens is 1. The van der Waals surface area contributed by atoms with Crippen LogP contribution in [-0.4, -0.2) is 37.6 Å². The van der Waals surface area contributed by atoms with Gasteiger partial charge in [-0.05, 0) is 32.0 Å². The molecule has 0 bridgehead atoms. The lowest BCUT2D eigenvalue weighted by Crippen LogP contribution is -2.51. The maximum Gasteiger partial charge on any atom is 0.427 e. The van der Waals surface area contributed by atoms with Crippen molar-refractivity contribution in [1.82, 2.24) is 15.0 Å². The summed E-state index contributed by atoms with van der Waals surface area (Å²) in [5.41, 5.74) is 0.0654. The molecule has 26 heavy (non-hydrogen) atoms. The molecule has 2 aromatic rings. The van der Waals surface area contributed by atoms with Crippen molar-refractivity contribution in [3.63, 3.8) is 0 Å². The maximum absolute atomic E-state index is 13.1. The van der Waals surface area contributed by atoms with Gasteiger partial charge in [-0.15, -0.1) is 0 Å². The summed E-state index contributed by atoms with van der Waals surface area (Å²) in [5.74, 6) is 4.75. The summed E-state index contributed by atoms with van der Waals surface area (Å²) in [6, 6.07) is 5.85. The zero-order valence-electron chi connectivity index (χ0n) is 14.1. The zero-order valence-corrected chi connectivity index (χ0v) is 14.1. The molecule has 1 saturated heterocycles. The molecule has 2 heterocycles. The lowest BCUT2D eigenvalue weighted by atomic mass is 10.0. The van der Waals surface area contributed by atoms with Gasteiger partial charge < -0.3 is 5.11 Å². The summed E-state index contributed by atoms with van der Waals surface area (Å²) < 4.78 is 13.1. The minimum absolute atomic E-state index is 0.0315. The second-order valence-electron chi connectivity index (χ2n) is 6.32. The van der Waals surface area contributed by atoms with E-state index in [1.165, 1.54) is 24.5 Å². The van der Waals surface area contributed by atoms with Gasteiger partial charge in [-0.3, -0.25) is 4.79 Å². The van der Waals surface area contributed by atoms with E-state index in [1.807, 2.05) is 0 Å². The molecule has 1 aromatic carbocycles. The summed E-state index contributed by atoms with van der Waals surface area (Å²) in [6.45, 7) is 3.30. The van der Waals surface area contributed by atoms with Crippen LogP contribution >= 0.6 is 0 Å². The Bertz CT molecular complexity index is 931. The molecule has 0 aliphatic carbocycles. The lowest BCUT2D eigenvalue weighted by molar-refractivity contribution is -0.118. The van der Waals surface area contributed by atoms with Gasteiger partial charge in [0.25, 0.3) is 11.9 Å². The molecule has 2 amide bonds. The third kappa shape index (κ3) is 3.32. The highest BCUT2D eigenvalue weighted by Gasteiger charge is 2.48. The monoisotopic (exact) mass is 354 g/mol. The molecular weight excluding hydrogens is 339 g/mol. The molecule has 1 aromatic heterocycles. The first-order valence-electron chi connectivity index (χ1n) is 7.73. The molecule has 132 valence electrons. The van der Waals surface area contributed by atoms with Gasteiger partial charge in [0.15, 0.2) is 0 Å². The van der Waals surface area contributed by atoms with Crippen molar-refractivity contribution in [1.29, 1.82) is 0 Å². The van der Waals surface area contributed by atoms with Crippen LogP contribution in [0.25, 0.3) is 0 Å². The summed E-state index contributed by atoms with van der Waals surface area (Å²) in [6.07, 6.45) is 1.53. The van der Waals surface area contributed by atoms with Crippen LogP contribution in [0.2, 0.25) is 0 Å². The van der Waals surface area contributed by atoms with Gasteiger partial charge >= 0.3 is 6.09 Å². The number of carboxylic acid groups (broad SMARTS) is 1. The van der Waals surface area contributed by atoms with E-state index < -0.39 is 17.5 Å². The van der Waals surface area contributed by atoms with Crippen LogP contribution in [0.1, 0.15) is 31.4 Å². The molecule has 3 rings (SSSR count). The lowest BCUT2D eigenvalue weighted by Gasteiger charge is -2.32. The van der Waals surface area contributed by atoms with E-state index in [9.17, 15) is 19.1 Å². The first-order valence-corrected chi connectivity index (χ1v) is 7.73. The van der Waals surface area contributed by atoms with Crippen molar-refractivity contribution >= 4 is 17.9 Å². The van der Waals surface area contributed by atoms with E-state index in [0.29, 0.717) is 11.1 Å². The minimum atomic E-state index is -1.26. The average molecular weight is 354 g/mol. The van der Waals surface area contributed by atoms with Crippen molar-refractivity contribution in [2.45, 2.75) is 25.8 Å². The van der Waals surface area contributed by atoms with E-state index >= 15 is 0 Å². The number of hydrogen-bond acceptors (Lipinski definition) is 4. The predicted molar refractivity (Wildman–Crippen MR) is 90.5 cm³/mol. The number of hydrogen-bond donors (Lipinski definition) is 1. The number of nitrogens with zero attached hydrogens (tertiary/aromatic N) is 4. The van der Waals surface area contributed by atoms with Crippen LogP contribution < -0.4 is 5.01 Å². The topological polar surface area (TPSA) is 86.6 Å². The summed E-state index contributed by atoms with van der Waals surface area (Å²) in [7, 11) is 0. The molecule has 8 heteroatoms. The number of carbonyl (C=O) groups excluding carboxylic acids is 1. The van der Waals surface area contributed by atoms with E-state index in [1.54, 1.807) is 26.0 Å². The fourth-order valence-corrected chi connectivity index (χ4v) is 2.65. The number of benzene rings is 1. The van der Waals surface area contributed by atoms with Gasteiger partial charge in [0, 0.05) is 18.0 Å². The third-order valence-electron chi connectivity index (χ3n) is 3.78. The molecule has 0 atom stereocenters. The first kappa shape index (κ1) is 17.4. The number of aromatic nitrogens is 2. The van der Waals surface area contributed by atoms with Crippen molar-refractivity contribution in [3.8, 4) is 11.8 Å². The van der Waals surface area contributed by atoms with Crippen molar-refractivity contribution in [3.05, 3.63) is 53.6 Å². The third-order valence-corrected chi connectivity index (χ3v) is 3.78. The Morgan fingerprint density at radius 2 is 1.88 bits per heavy atom. The normalized spacial score (nSPS) is 15.6. The van der Waals surface area contributed by atoms with Gasteiger partial charge in [0.2, 0.25) is 0 Å². The van der Waals surface area contributed by atoms with Crippen molar-refractivity contribution in [2.24, 2.45) is 0 Å². The Morgan fingerprint density at radius 1 is 1.23 bits per heavy atom. The van der Waals surface area contributed by atoms with Crippen molar-refractivity contribution < 1.29 is 19.1 Å². The number of anilines is 1. The summed E-state index contributed by atoms with van der Waals surface area (Å²) in [4.78, 5) is 31.8. The second kappa shape index (κ2) is 6.44. The minimum Gasteiger partial charge on any atom is -0.464 e. The Morgan fingerprint density at radius 3 is 2.50 bits per heavy atom. The highest BCUT2D eigenvalue weighted by Crippen LogP contribution is 2.32. The maximum atomic E-state index is 13.1. The highest BCUT2D eigenvalue weighted by atomic mass is 19.1. The van der Waals surface area contributed by atoms with Crippen LogP contribution in [0.3, 0.4) is 0 Å². The molecule has 0 saturated carbocycles. The van der Waals surface area contributed by atoms with E-state index in [-0.39, 0.29) is 18.2 Å². The van der Waals surface area contributed by atoms with Crippen LogP contribution in [0, 0.1) is 17.7 Å². The molecule has 7 nitrogen and oxygen atoms in total. The average Bonchev–Trinajstić information content (AvgIpc) is 2.82. The van der Waals surface area contributed by atoms with Crippen LogP contribution in [-0.2, 0) is 4.79 Å². The largest absolute Gasteiger partial charge is 0.464 e. The van der Waals surface area contributed by atoms with Gasteiger partial charge in [-0.2, -0.15) is 5.01 Å². The first-order chi connectivity index (χ1) is 12.3. The fourth-order valence-electron chi connectivity index (χ4n) is 2.65. The summed E-state index contributed by atoms with van der Waals surface area (Å²) >= 11 is 0. The number of hydrazine groups is 1. The van der Waals surface area contributed by atoms with E-state index in [0.717, 1.165) is 10.0 Å². The van der Waals surface area contributed by atoms with Gasteiger partial charge in [-0.1, -0.05) is 17.9 Å². The van der Waals surface area contributed by atoms with Crippen LogP contribution in [0.4, 0.5) is 15.1 Å². The standard InChI is InChI=1S/C18H15FN4O3/c1-18(2)9-15(24)22(23(18)17(25)26)16-20-10-13(11-21-16)7-6-12-4-3-5-14(19)8-12/h3-5,8,10-11H,9H2,1-2H3,(H,25,26). The second-order valence-corrected chi connectivity index (χ2v) is 6.32. The van der Waals surface area contributed by atoms with Gasteiger partial charge in [0.1, 0.15) is 5.82 Å². The zero-order chi connectivity index (χ0) is 18.9. The van der Waals surface area contributed by atoms with Gasteiger partial charge in [-0.25, -0.2) is 24.2 Å². The SMILES string of the molecule is CC1(C)CC(=O)N(c2ncc(C#Cc3cccc(F)c3)cn2)N1C(=O)O. The molecule has 0 radical (unpaired) electrons. The van der Waals surface area contributed by atoms with Crippen LogP contribution in [0.15, 0.2) is 36.7 Å². The summed E-state index contributed by atoms with van der Waals surface area (Å²) in [5, 5.41) is 11.3. The molecule has 1 aliphatic rings.